The van der Waals surface area contributed by atoms with E-state index in [1.165, 1.54) is 5.56 Å². The van der Waals surface area contributed by atoms with Crippen LogP contribution in [0.15, 0.2) is 18.2 Å². The molecular formula is C15H22N2O3. The van der Waals surface area contributed by atoms with Crippen LogP contribution in [0.4, 0.5) is 4.79 Å². The molecule has 1 saturated heterocycles. The molecule has 0 bridgehead atoms. The van der Waals surface area contributed by atoms with Crippen LogP contribution in [-0.4, -0.2) is 37.8 Å². The maximum Gasteiger partial charge on any atom is 0.410 e. The zero-order valence-electron chi connectivity index (χ0n) is 12.3. The van der Waals surface area contributed by atoms with E-state index in [9.17, 15) is 4.79 Å². The second kappa shape index (κ2) is 6.61. The monoisotopic (exact) mass is 278 g/mol. The highest BCUT2D eigenvalue weighted by atomic mass is 16.6. The van der Waals surface area contributed by atoms with Gasteiger partial charge in [-0.1, -0.05) is 6.07 Å². The summed E-state index contributed by atoms with van der Waals surface area (Å²) in [5.41, 5.74) is 2.20. The Kier molecular flexibility index (Phi) is 4.84. The van der Waals surface area contributed by atoms with Crippen molar-refractivity contribution < 1.29 is 14.3 Å². The number of rotatable bonds is 6. The van der Waals surface area contributed by atoms with Crippen LogP contribution >= 0.6 is 0 Å². The highest BCUT2D eigenvalue weighted by Crippen LogP contribution is 2.25. The predicted octanol–water partition coefficient (Wildman–Crippen LogP) is 2.32. The predicted molar refractivity (Wildman–Crippen MR) is 76.8 cm³/mol. The standard InChI is InChI=1S/C15H22N2O3/c1-4-19-14-6-5-12(11(2)16-3)9-13(14)10-17-7-8-20-15(17)18/h5-6,9,11,16H,4,7-8,10H2,1-3H3. The van der Waals surface area contributed by atoms with Crippen molar-refractivity contribution in [1.29, 1.82) is 0 Å². The molecule has 1 aliphatic heterocycles. The van der Waals surface area contributed by atoms with Crippen LogP contribution in [0, 0.1) is 0 Å². The summed E-state index contributed by atoms with van der Waals surface area (Å²) in [4.78, 5) is 13.3. The van der Waals surface area contributed by atoms with E-state index < -0.39 is 0 Å². The Morgan fingerprint density at radius 1 is 1.50 bits per heavy atom. The lowest BCUT2D eigenvalue weighted by atomic mass is 10.0. The van der Waals surface area contributed by atoms with E-state index in [-0.39, 0.29) is 12.1 Å². The fourth-order valence-electron chi connectivity index (χ4n) is 2.23. The zero-order valence-corrected chi connectivity index (χ0v) is 12.3. The average Bonchev–Trinajstić information content (AvgIpc) is 2.85. The van der Waals surface area contributed by atoms with Crippen LogP contribution in [-0.2, 0) is 11.3 Å². The highest BCUT2D eigenvalue weighted by molar-refractivity contribution is 5.69. The number of ether oxygens (including phenoxy) is 2. The van der Waals surface area contributed by atoms with Crippen molar-refractivity contribution >= 4 is 6.09 Å². The molecule has 1 amide bonds. The molecule has 1 aromatic rings. The average molecular weight is 278 g/mol. The summed E-state index contributed by atoms with van der Waals surface area (Å²) in [6.07, 6.45) is -0.250. The molecule has 5 nitrogen and oxygen atoms in total. The highest BCUT2D eigenvalue weighted by Gasteiger charge is 2.23. The molecule has 1 unspecified atom stereocenters. The number of benzene rings is 1. The summed E-state index contributed by atoms with van der Waals surface area (Å²) in [6.45, 7) is 6.30. The van der Waals surface area contributed by atoms with Gasteiger partial charge in [0.25, 0.3) is 0 Å². The molecule has 1 fully saturated rings. The lowest BCUT2D eigenvalue weighted by molar-refractivity contribution is 0.157. The van der Waals surface area contributed by atoms with Crippen molar-refractivity contribution in [3.63, 3.8) is 0 Å². The summed E-state index contributed by atoms with van der Waals surface area (Å²) >= 11 is 0. The lowest BCUT2D eigenvalue weighted by Crippen LogP contribution is -2.24. The van der Waals surface area contributed by atoms with Crippen molar-refractivity contribution in [1.82, 2.24) is 10.2 Å². The number of carbonyl (C=O) groups is 1. The summed E-state index contributed by atoms with van der Waals surface area (Å²) in [7, 11) is 1.93. The van der Waals surface area contributed by atoms with Crippen molar-refractivity contribution in [2.75, 3.05) is 26.8 Å². The SMILES string of the molecule is CCOc1ccc(C(C)NC)cc1CN1CCOC1=O. The van der Waals surface area contributed by atoms with E-state index in [0.29, 0.717) is 26.3 Å². The molecule has 0 aromatic heterocycles. The fraction of sp³-hybridized carbons (Fsp3) is 0.533. The molecule has 1 aromatic carbocycles. The van der Waals surface area contributed by atoms with Crippen molar-refractivity contribution in [2.24, 2.45) is 0 Å². The summed E-state index contributed by atoms with van der Waals surface area (Å²) in [5, 5.41) is 3.22. The molecule has 1 aliphatic rings. The molecule has 0 radical (unpaired) electrons. The number of cyclic esters (lactones) is 1. The van der Waals surface area contributed by atoms with Crippen LogP contribution in [0.25, 0.3) is 0 Å². The maximum absolute atomic E-state index is 11.6. The number of nitrogens with zero attached hydrogens (tertiary/aromatic N) is 1. The van der Waals surface area contributed by atoms with Gasteiger partial charge in [-0.25, -0.2) is 4.79 Å². The van der Waals surface area contributed by atoms with Gasteiger partial charge in [0, 0.05) is 11.6 Å². The maximum atomic E-state index is 11.6. The normalized spacial score (nSPS) is 16.1. The molecule has 1 N–H and O–H groups in total. The molecular weight excluding hydrogens is 256 g/mol. The van der Waals surface area contributed by atoms with Crippen LogP contribution < -0.4 is 10.1 Å². The molecule has 0 spiro atoms. The molecule has 110 valence electrons. The summed E-state index contributed by atoms with van der Waals surface area (Å²) in [5.74, 6) is 0.833. The Morgan fingerprint density at radius 3 is 2.90 bits per heavy atom. The minimum Gasteiger partial charge on any atom is -0.494 e. The zero-order chi connectivity index (χ0) is 14.5. The first kappa shape index (κ1) is 14.7. The molecule has 5 heteroatoms. The molecule has 0 saturated carbocycles. The fourth-order valence-corrected chi connectivity index (χ4v) is 2.23. The van der Waals surface area contributed by atoms with Gasteiger partial charge in [0.05, 0.1) is 19.7 Å². The largest absolute Gasteiger partial charge is 0.494 e. The van der Waals surface area contributed by atoms with Gasteiger partial charge in [0.1, 0.15) is 12.4 Å². The van der Waals surface area contributed by atoms with Gasteiger partial charge in [-0.05, 0) is 38.6 Å². The minimum absolute atomic E-state index is 0.250. The molecule has 2 rings (SSSR count). The van der Waals surface area contributed by atoms with E-state index >= 15 is 0 Å². The van der Waals surface area contributed by atoms with Gasteiger partial charge in [-0.15, -0.1) is 0 Å². The second-order valence-corrected chi connectivity index (χ2v) is 4.85. The summed E-state index contributed by atoms with van der Waals surface area (Å²) in [6, 6.07) is 6.38. The molecule has 1 heterocycles. The van der Waals surface area contributed by atoms with E-state index in [2.05, 4.69) is 24.4 Å². The van der Waals surface area contributed by atoms with Crippen LogP contribution in [0.1, 0.15) is 31.0 Å². The smallest absolute Gasteiger partial charge is 0.410 e. The Bertz CT molecular complexity index is 476. The van der Waals surface area contributed by atoms with Gasteiger partial charge in [-0.2, -0.15) is 0 Å². The Balaban J connectivity index is 2.23. The number of amides is 1. The molecule has 20 heavy (non-hydrogen) atoms. The minimum atomic E-state index is -0.250. The van der Waals surface area contributed by atoms with E-state index in [1.54, 1.807) is 4.90 Å². The van der Waals surface area contributed by atoms with Gasteiger partial charge in [0.2, 0.25) is 0 Å². The molecule has 0 aliphatic carbocycles. The van der Waals surface area contributed by atoms with Crippen LogP contribution in [0.5, 0.6) is 5.75 Å². The van der Waals surface area contributed by atoms with Gasteiger partial charge in [-0.3, -0.25) is 0 Å². The van der Waals surface area contributed by atoms with E-state index in [4.69, 9.17) is 9.47 Å². The summed E-state index contributed by atoms with van der Waals surface area (Å²) < 4.78 is 10.6. The van der Waals surface area contributed by atoms with Crippen molar-refractivity contribution in [3.05, 3.63) is 29.3 Å². The second-order valence-electron chi connectivity index (χ2n) is 4.85. The van der Waals surface area contributed by atoms with Crippen molar-refractivity contribution in [2.45, 2.75) is 26.4 Å². The number of hydrogen-bond acceptors (Lipinski definition) is 4. The van der Waals surface area contributed by atoms with Gasteiger partial charge < -0.3 is 19.7 Å². The van der Waals surface area contributed by atoms with Crippen molar-refractivity contribution in [3.8, 4) is 5.75 Å². The number of nitrogens with one attached hydrogen (secondary N) is 1. The quantitative estimate of drug-likeness (QED) is 0.867. The van der Waals surface area contributed by atoms with Gasteiger partial charge >= 0.3 is 6.09 Å². The topological polar surface area (TPSA) is 50.8 Å². The number of carbonyl (C=O) groups excluding carboxylic acids is 1. The first-order valence-electron chi connectivity index (χ1n) is 7.00. The first-order valence-corrected chi connectivity index (χ1v) is 7.00. The Hall–Kier alpha value is -1.75. The van der Waals surface area contributed by atoms with E-state index in [0.717, 1.165) is 11.3 Å². The Morgan fingerprint density at radius 2 is 2.30 bits per heavy atom. The third-order valence-electron chi connectivity index (χ3n) is 3.52. The molecule has 1 atom stereocenters. The number of hydrogen-bond donors (Lipinski definition) is 1. The van der Waals surface area contributed by atoms with Crippen LogP contribution in [0.2, 0.25) is 0 Å². The lowest BCUT2D eigenvalue weighted by Gasteiger charge is -2.19. The third-order valence-corrected chi connectivity index (χ3v) is 3.52. The van der Waals surface area contributed by atoms with Gasteiger partial charge in [0.15, 0.2) is 0 Å². The first-order chi connectivity index (χ1) is 9.65. The Labute approximate surface area is 119 Å². The van der Waals surface area contributed by atoms with Crippen LogP contribution in [0.3, 0.4) is 0 Å². The van der Waals surface area contributed by atoms with E-state index in [1.807, 2.05) is 20.0 Å². The third kappa shape index (κ3) is 3.22.